The van der Waals surface area contributed by atoms with Gasteiger partial charge in [-0.1, -0.05) is 12.1 Å². The molecule has 0 radical (unpaired) electrons. The first-order chi connectivity index (χ1) is 8.19. The Morgan fingerprint density at radius 2 is 2.24 bits per heavy atom. The summed E-state index contributed by atoms with van der Waals surface area (Å²) in [5.41, 5.74) is 0.845. The summed E-state index contributed by atoms with van der Waals surface area (Å²) in [6.07, 6.45) is 0. The topological polar surface area (TPSA) is 50.4 Å². The summed E-state index contributed by atoms with van der Waals surface area (Å²) in [4.78, 5) is 11.2. The monoisotopic (exact) mass is 304 g/mol. The highest BCUT2D eigenvalue weighted by Gasteiger charge is 2.07. The van der Waals surface area contributed by atoms with Crippen LogP contribution in [0.25, 0.3) is 0 Å². The first-order valence-corrected chi connectivity index (χ1v) is 5.87. The summed E-state index contributed by atoms with van der Waals surface area (Å²) in [5.74, 6) is 0.679. The molecule has 0 saturated carbocycles. The summed E-state index contributed by atoms with van der Waals surface area (Å²) in [6, 6.07) is 5.15. The highest BCUT2D eigenvalue weighted by molar-refractivity contribution is 9.10. The van der Waals surface area contributed by atoms with Gasteiger partial charge >= 0.3 is 6.03 Å². The smallest absolute Gasteiger partial charge is 0.315 e. The van der Waals surface area contributed by atoms with E-state index in [0.29, 0.717) is 12.3 Å². The lowest BCUT2D eigenvalue weighted by molar-refractivity contribution is 0.239. The molecule has 2 amide bonds. The molecule has 0 atom stereocenters. The van der Waals surface area contributed by atoms with E-state index in [-0.39, 0.29) is 6.54 Å². The Bertz CT molecular complexity index is 388. The number of methoxy groups -OCH3 is 1. The number of benzene rings is 1. The van der Waals surface area contributed by atoms with Gasteiger partial charge in [0.15, 0.2) is 0 Å². The molecular formula is C11H14BrFN2O2. The highest BCUT2D eigenvalue weighted by Crippen LogP contribution is 2.28. The quantitative estimate of drug-likeness (QED) is 0.876. The van der Waals surface area contributed by atoms with Crippen molar-refractivity contribution in [3.05, 3.63) is 28.2 Å². The van der Waals surface area contributed by atoms with Crippen LogP contribution in [0.15, 0.2) is 22.7 Å². The van der Waals surface area contributed by atoms with E-state index in [4.69, 9.17) is 4.74 Å². The lowest BCUT2D eigenvalue weighted by atomic mass is 10.2. The van der Waals surface area contributed by atoms with E-state index in [1.165, 1.54) is 0 Å². The van der Waals surface area contributed by atoms with E-state index in [1.807, 2.05) is 18.2 Å². The Labute approximate surface area is 108 Å². The summed E-state index contributed by atoms with van der Waals surface area (Å²) in [5, 5.41) is 5.00. The zero-order valence-electron chi connectivity index (χ0n) is 9.43. The van der Waals surface area contributed by atoms with Crippen LogP contribution in [0.4, 0.5) is 9.18 Å². The van der Waals surface area contributed by atoms with Crippen molar-refractivity contribution in [1.29, 1.82) is 0 Å². The number of hydrogen-bond acceptors (Lipinski definition) is 2. The summed E-state index contributed by atoms with van der Waals surface area (Å²) in [7, 11) is 1.56. The van der Waals surface area contributed by atoms with Crippen LogP contribution in [-0.2, 0) is 6.54 Å². The second-order valence-corrected chi connectivity index (χ2v) is 4.08. The minimum absolute atomic E-state index is 0.0153. The van der Waals surface area contributed by atoms with Crippen molar-refractivity contribution in [2.75, 3.05) is 20.3 Å². The molecule has 17 heavy (non-hydrogen) atoms. The first kappa shape index (κ1) is 13.8. The summed E-state index contributed by atoms with van der Waals surface area (Å²) < 4.78 is 17.9. The molecule has 0 spiro atoms. The molecule has 1 rings (SSSR count). The van der Waals surface area contributed by atoms with Gasteiger partial charge in [-0.05, 0) is 22.0 Å². The second kappa shape index (κ2) is 7.11. The Morgan fingerprint density at radius 1 is 1.47 bits per heavy atom. The molecule has 0 saturated heterocycles. The molecule has 0 bridgehead atoms. The fourth-order valence-corrected chi connectivity index (χ4v) is 1.89. The number of carbonyl (C=O) groups excluding carboxylic acids is 1. The predicted octanol–water partition coefficient (Wildman–Crippen LogP) is 2.23. The number of nitrogens with one attached hydrogen (secondary N) is 2. The van der Waals surface area contributed by atoms with Crippen molar-refractivity contribution >= 4 is 22.0 Å². The van der Waals surface area contributed by atoms with Crippen molar-refractivity contribution in [3.63, 3.8) is 0 Å². The van der Waals surface area contributed by atoms with Gasteiger partial charge in [0.2, 0.25) is 0 Å². The van der Waals surface area contributed by atoms with E-state index in [1.54, 1.807) is 7.11 Å². The van der Waals surface area contributed by atoms with E-state index in [9.17, 15) is 9.18 Å². The number of halogens is 2. The second-order valence-electron chi connectivity index (χ2n) is 3.23. The van der Waals surface area contributed by atoms with Crippen molar-refractivity contribution in [3.8, 4) is 5.75 Å². The molecule has 0 unspecified atom stereocenters. The third kappa shape index (κ3) is 4.22. The van der Waals surface area contributed by atoms with Crippen LogP contribution in [-0.4, -0.2) is 26.4 Å². The molecule has 0 aliphatic heterocycles. The van der Waals surface area contributed by atoms with Gasteiger partial charge in [-0.15, -0.1) is 0 Å². The van der Waals surface area contributed by atoms with E-state index in [2.05, 4.69) is 26.6 Å². The number of ether oxygens (including phenoxy) is 1. The molecule has 0 aliphatic rings. The Morgan fingerprint density at radius 3 is 2.88 bits per heavy atom. The van der Waals surface area contributed by atoms with Crippen LogP contribution in [0.3, 0.4) is 0 Å². The van der Waals surface area contributed by atoms with Crippen LogP contribution in [0.1, 0.15) is 5.56 Å². The van der Waals surface area contributed by atoms with Gasteiger partial charge in [0.1, 0.15) is 12.4 Å². The largest absolute Gasteiger partial charge is 0.495 e. The normalized spacial score (nSPS) is 9.82. The number of hydrogen-bond donors (Lipinski definition) is 2. The van der Waals surface area contributed by atoms with Crippen molar-refractivity contribution in [2.45, 2.75) is 6.54 Å². The van der Waals surface area contributed by atoms with Crippen LogP contribution in [0.2, 0.25) is 0 Å². The van der Waals surface area contributed by atoms with Crippen LogP contribution < -0.4 is 15.4 Å². The maximum atomic E-state index is 11.8. The highest BCUT2D eigenvalue weighted by atomic mass is 79.9. The maximum absolute atomic E-state index is 11.8. The van der Waals surface area contributed by atoms with Gasteiger partial charge < -0.3 is 15.4 Å². The fraction of sp³-hybridized carbons (Fsp3) is 0.364. The average molecular weight is 305 g/mol. The van der Waals surface area contributed by atoms with E-state index >= 15 is 0 Å². The minimum atomic E-state index is -0.576. The zero-order chi connectivity index (χ0) is 12.7. The Hall–Kier alpha value is -1.30. The number of alkyl halides is 1. The summed E-state index contributed by atoms with van der Waals surface area (Å²) >= 11 is 3.35. The molecule has 1 aromatic carbocycles. The maximum Gasteiger partial charge on any atom is 0.315 e. The third-order valence-electron chi connectivity index (χ3n) is 2.07. The standard InChI is InChI=1S/C11H14BrFN2O2/c1-17-10-8(3-2-4-9(10)12)7-15-11(16)14-6-5-13/h2-4H,5-7H2,1H3,(H2,14,15,16). The lowest BCUT2D eigenvalue weighted by Crippen LogP contribution is -2.36. The van der Waals surface area contributed by atoms with Crippen LogP contribution >= 0.6 is 15.9 Å². The summed E-state index contributed by atoms with van der Waals surface area (Å²) in [6.45, 7) is -0.240. The molecule has 1 aromatic rings. The van der Waals surface area contributed by atoms with Crippen LogP contribution in [0.5, 0.6) is 5.75 Å². The molecule has 4 nitrogen and oxygen atoms in total. The SMILES string of the molecule is COc1c(Br)cccc1CNC(=O)NCCF. The Balaban J connectivity index is 2.57. The van der Waals surface area contributed by atoms with Gasteiger partial charge in [-0.25, -0.2) is 9.18 Å². The first-order valence-electron chi connectivity index (χ1n) is 5.08. The average Bonchev–Trinajstić information content (AvgIpc) is 2.33. The fourth-order valence-electron chi connectivity index (χ4n) is 1.32. The number of carbonyl (C=O) groups is 1. The number of amides is 2. The zero-order valence-corrected chi connectivity index (χ0v) is 11.0. The van der Waals surface area contributed by atoms with Crippen molar-refractivity contribution < 1.29 is 13.9 Å². The number of para-hydroxylation sites is 1. The van der Waals surface area contributed by atoms with Gasteiger partial charge in [0, 0.05) is 18.7 Å². The van der Waals surface area contributed by atoms with E-state index in [0.717, 1.165) is 10.0 Å². The number of urea groups is 1. The minimum Gasteiger partial charge on any atom is -0.495 e. The van der Waals surface area contributed by atoms with Crippen molar-refractivity contribution in [1.82, 2.24) is 10.6 Å². The molecular weight excluding hydrogens is 291 g/mol. The molecule has 94 valence electrons. The lowest BCUT2D eigenvalue weighted by Gasteiger charge is -2.11. The van der Waals surface area contributed by atoms with E-state index < -0.39 is 12.7 Å². The molecule has 0 heterocycles. The molecule has 6 heteroatoms. The van der Waals surface area contributed by atoms with Gasteiger partial charge in [0.25, 0.3) is 0 Å². The van der Waals surface area contributed by atoms with Gasteiger partial charge in [-0.2, -0.15) is 0 Å². The molecule has 0 fully saturated rings. The molecule has 2 N–H and O–H groups in total. The third-order valence-corrected chi connectivity index (χ3v) is 2.70. The molecule has 0 aliphatic carbocycles. The van der Waals surface area contributed by atoms with Gasteiger partial charge in [-0.3, -0.25) is 0 Å². The van der Waals surface area contributed by atoms with Crippen LogP contribution in [0, 0.1) is 0 Å². The predicted molar refractivity (Wildman–Crippen MR) is 66.9 cm³/mol. The van der Waals surface area contributed by atoms with Gasteiger partial charge in [0.05, 0.1) is 11.6 Å². The van der Waals surface area contributed by atoms with Crippen molar-refractivity contribution in [2.24, 2.45) is 0 Å². The molecule has 0 aromatic heterocycles. The number of rotatable bonds is 5. The Kier molecular flexibility index (Phi) is 5.76.